The van der Waals surface area contributed by atoms with E-state index in [0.29, 0.717) is 17.1 Å². The number of H-pyrrole nitrogens is 1. The Morgan fingerprint density at radius 3 is 2.38 bits per heavy atom. The Morgan fingerprint density at radius 1 is 0.941 bits per heavy atom. The smallest absolute Gasteiger partial charge is 0.253 e. The largest absolute Gasteiger partial charge is 0.378 e. The zero-order valence-corrected chi connectivity index (χ0v) is 19.9. The van der Waals surface area contributed by atoms with Gasteiger partial charge in [-0.3, -0.25) is 9.59 Å². The van der Waals surface area contributed by atoms with Gasteiger partial charge in [0.2, 0.25) is 5.91 Å². The Balaban J connectivity index is 1.49. The van der Waals surface area contributed by atoms with Crippen molar-refractivity contribution in [1.29, 1.82) is 0 Å². The Labute approximate surface area is 203 Å². The van der Waals surface area contributed by atoms with Crippen molar-refractivity contribution in [1.82, 2.24) is 15.6 Å². The first kappa shape index (κ1) is 23.4. The standard InChI is InChI=1S/C27H27ClN4O2/c1-32(2)19-13-11-18(12-14-19)22(23-16-29-25-10-6-4-7-20(23)25)15-30-26(33)17-31-27(34)21-8-3-5-9-24(21)28/h3-14,16,22,29H,15,17H2,1-2H3,(H,30,33)(H,31,34). The summed E-state index contributed by atoms with van der Waals surface area (Å²) in [5.41, 5.74) is 4.69. The van der Waals surface area contributed by atoms with Crippen molar-refractivity contribution in [3.05, 3.63) is 101 Å². The topological polar surface area (TPSA) is 77.2 Å². The molecule has 0 spiro atoms. The van der Waals surface area contributed by atoms with Crippen LogP contribution in [-0.4, -0.2) is 44.0 Å². The maximum atomic E-state index is 12.6. The predicted octanol–water partition coefficient (Wildman–Crippen LogP) is 4.57. The molecule has 1 aromatic heterocycles. The van der Waals surface area contributed by atoms with Gasteiger partial charge >= 0.3 is 0 Å². The molecule has 3 N–H and O–H groups in total. The SMILES string of the molecule is CN(C)c1ccc(C(CNC(=O)CNC(=O)c2ccccc2Cl)c2c[nH]c3ccccc23)cc1. The minimum atomic E-state index is -0.381. The minimum Gasteiger partial charge on any atom is -0.378 e. The van der Waals surface area contributed by atoms with Gasteiger partial charge in [-0.05, 0) is 41.5 Å². The quantitative estimate of drug-likeness (QED) is 0.350. The summed E-state index contributed by atoms with van der Waals surface area (Å²) in [4.78, 5) is 30.3. The van der Waals surface area contributed by atoms with Gasteiger partial charge < -0.3 is 20.5 Å². The first-order chi connectivity index (χ1) is 16.4. The lowest BCUT2D eigenvalue weighted by Crippen LogP contribution is -2.38. The second kappa shape index (κ2) is 10.4. The summed E-state index contributed by atoms with van der Waals surface area (Å²) in [6.45, 7) is 0.258. The number of fused-ring (bicyclic) bond motifs is 1. The normalized spacial score (nSPS) is 11.7. The molecule has 0 radical (unpaired) electrons. The van der Waals surface area contributed by atoms with Crippen LogP contribution in [0.5, 0.6) is 0 Å². The second-order valence-corrected chi connectivity index (χ2v) is 8.70. The molecule has 3 aromatic carbocycles. The molecular weight excluding hydrogens is 448 g/mol. The molecule has 0 aliphatic carbocycles. The van der Waals surface area contributed by atoms with E-state index in [2.05, 4.69) is 45.9 Å². The molecule has 0 saturated heterocycles. The van der Waals surface area contributed by atoms with Gasteiger partial charge in [0.1, 0.15) is 0 Å². The average Bonchev–Trinajstić information content (AvgIpc) is 3.27. The van der Waals surface area contributed by atoms with Crippen molar-refractivity contribution in [3.63, 3.8) is 0 Å². The van der Waals surface area contributed by atoms with Gasteiger partial charge in [-0.1, -0.05) is 54.1 Å². The molecule has 1 atom stereocenters. The highest BCUT2D eigenvalue weighted by Gasteiger charge is 2.20. The van der Waals surface area contributed by atoms with Crippen LogP contribution in [0.1, 0.15) is 27.4 Å². The summed E-state index contributed by atoms with van der Waals surface area (Å²) in [5, 5.41) is 7.09. The second-order valence-electron chi connectivity index (χ2n) is 8.29. The number of anilines is 1. The van der Waals surface area contributed by atoms with E-state index in [9.17, 15) is 9.59 Å². The van der Waals surface area contributed by atoms with Gasteiger partial charge in [-0.25, -0.2) is 0 Å². The number of amides is 2. The Hall–Kier alpha value is -3.77. The van der Waals surface area contributed by atoms with Crippen LogP contribution in [-0.2, 0) is 4.79 Å². The number of aromatic amines is 1. The Morgan fingerprint density at radius 2 is 1.65 bits per heavy atom. The third-order valence-corrected chi connectivity index (χ3v) is 6.17. The van der Waals surface area contributed by atoms with Gasteiger partial charge in [0, 0.05) is 49.3 Å². The van der Waals surface area contributed by atoms with Crippen molar-refractivity contribution in [2.24, 2.45) is 0 Å². The fourth-order valence-electron chi connectivity index (χ4n) is 3.97. The lowest BCUT2D eigenvalue weighted by Gasteiger charge is -2.20. The van der Waals surface area contributed by atoms with Crippen LogP contribution in [0.15, 0.2) is 79.0 Å². The molecule has 1 unspecified atom stereocenters. The van der Waals surface area contributed by atoms with Crippen molar-refractivity contribution >= 4 is 40.0 Å². The maximum absolute atomic E-state index is 12.6. The zero-order valence-electron chi connectivity index (χ0n) is 19.1. The van der Waals surface area contributed by atoms with Crippen LogP contribution < -0.4 is 15.5 Å². The van der Waals surface area contributed by atoms with Crippen LogP contribution in [0.2, 0.25) is 5.02 Å². The summed E-state index contributed by atoms with van der Waals surface area (Å²) >= 11 is 6.07. The van der Waals surface area contributed by atoms with E-state index in [-0.39, 0.29) is 24.3 Å². The molecule has 4 rings (SSSR count). The van der Waals surface area contributed by atoms with Crippen LogP contribution >= 0.6 is 11.6 Å². The number of halogens is 1. The molecule has 0 fully saturated rings. The summed E-state index contributed by atoms with van der Waals surface area (Å²) < 4.78 is 0. The summed E-state index contributed by atoms with van der Waals surface area (Å²) in [5.74, 6) is -0.709. The number of carbonyl (C=O) groups is 2. The van der Waals surface area contributed by atoms with E-state index in [1.807, 2.05) is 43.4 Å². The number of nitrogens with one attached hydrogen (secondary N) is 3. The number of nitrogens with zero attached hydrogens (tertiary/aromatic N) is 1. The number of hydrogen-bond acceptors (Lipinski definition) is 3. The third kappa shape index (κ3) is 5.24. The van der Waals surface area contributed by atoms with Crippen molar-refractivity contribution in [3.8, 4) is 0 Å². The highest BCUT2D eigenvalue weighted by molar-refractivity contribution is 6.33. The van der Waals surface area contributed by atoms with E-state index < -0.39 is 0 Å². The predicted molar refractivity (Wildman–Crippen MR) is 138 cm³/mol. The van der Waals surface area contributed by atoms with Gasteiger partial charge in [-0.15, -0.1) is 0 Å². The molecule has 4 aromatic rings. The fraction of sp³-hybridized carbons (Fsp3) is 0.185. The van der Waals surface area contributed by atoms with Gasteiger partial charge in [-0.2, -0.15) is 0 Å². The fourth-order valence-corrected chi connectivity index (χ4v) is 4.20. The molecule has 0 bridgehead atoms. The van der Waals surface area contributed by atoms with E-state index in [0.717, 1.165) is 27.7 Å². The Kier molecular flexibility index (Phi) is 7.18. The molecule has 0 aliphatic rings. The molecule has 6 nitrogen and oxygen atoms in total. The first-order valence-corrected chi connectivity index (χ1v) is 11.4. The van der Waals surface area contributed by atoms with Crippen LogP contribution in [0.25, 0.3) is 10.9 Å². The lowest BCUT2D eigenvalue weighted by atomic mass is 9.90. The number of para-hydroxylation sites is 1. The Bertz CT molecular complexity index is 1300. The average molecular weight is 475 g/mol. The monoisotopic (exact) mass is 474 g/mol. The zero-order chi connectivity index (χ0) is 24.1. The number of aromatic nitrogens is 1. The van der Waals surface area contributed by atoms with Crippen LogP contribution in [0.3, 0.4) is 0 Å². The summed E-state index contributed by atoms with van der Waals surface area (Å²) in [7, 11) is 4.01. The summed E-state index contributed by atoms with van der Waals surface area (Å²) in [6, 6.07) is 23.2. The summed E-state index contributed by atoms with van der Waals surface area (Å²) in [6.07, 6.45) is 2.00. The van der Waals surface area contributed by atoms with Crippen LogP contribution in [0.4, 0.5) is 5.69 Å². The van der Waals surface area contributed by atoms with Crippen LogP contribution in [0, 0.1) is 0 Å². The van der Waals surface area contributed by atoms with Crippen molar-refractivity contribution < 1.29 is 9.59 Å². The van der Waals surface area contributed by atoms with E-state index >= 15 is 0 Å². The molecule has 0 saturated carbocycles. The van der Waals surface area contributed by atoms with Gasteiger partial charge in [0.15, 0.2) is 0 Å². The molecule has 1 heterocycles. The number of rotatable bonds is 8. The maximum Gasteiger partial charge on any atom is 0.253 e. The number of hydrogen-bond donors (Lipinski definition) is 3. The number of carbonyl (C=O) groups excluding carboxylic acids is 2. The van der Waals surface area contributed by atoms with Crippen molar-refractivity contribution in [2.45, 2.75) is 5.92 Å². The molecule has 174 valence electrons. The molecule has 0 aliphatic heterocycles. The van der Waals surface area contributed by atoms with E-state index in [4.69, 9.17) is 11.6 Å². The molecular formula is C27H27ClN4O2. The molecule has 7 heteroatoms. The first-order valence-electron chi connectivity index (χ1n) is 11.1. The molecule has 2 amide bonds. The third-order valence-electron chi connectivity index (χ3n) is 5.84. The highest BCUT2D eigenvalue weighted by Crippen LogP contribution is 2.31. The molecule has 34 heavy (non-hydrogen) atoms. The van der Waals surface area contributed by atoms with Gasteiger partial charge in [0.05, 0.1) is 17.1 Å². The lowest BCUT2D eigenvalue weighted by molar-refractivity contribution is -0.120. The minimum absolute atomic E-state index is 0.0596. The van der Waals surface area contributed by atoms with E-state index in [1.54, 1.807) is 24.3 Å². The number of benzene rings is 3. The van der Waals surface area contributed by atoms with E-state index in [1.165, 1.54) is 0 Å². The van der Waals surface area contributed by atoms with Gasteiger partial charge in [0.25, 0.3) is 5.91 Å². The van der Waals surface area contributed by atoms with Crippen molar-refractivity contribution in [2.75, 3.05) is 32.1 Å². The highest BCUT2D eigenvalue weighted by atomic mass is 35.5.